The first-order valence-corrected chi connectivity index (χ1v) is 9.64. The molecule has 2 aromatic carbocycles. The fraction of sp³-hybridized carbons (Fsp3) is 0.250. The fourth-order valence-electron chi connectivity index (χ4n) is 2.58. The Labute approximate surface area is 186 Å². The average Bonchev–Trinajstić information content (AvgIpc) is 2.83. The van der Waals surface area contributed by atoms with Gasteiger partial charge in [0.1, 0.15) is 13.2 Å². The normalized spacial score (nSPS) is 10.8. The van der Waals surface area contributed by atoms with Crippen LogP contribution in [0.3, 0.4) is 0 Å². The maximum atomic E-state index is 11.2. The van der Waals surface area contributed by atoms with E-state index in [1.807, 2.05) is 0 Å². The lowest BCUT2D eigenvalue weighted by atomic mass is 10.2. The molecule has 0 atom stereocenters. The van der Waals surface area contributed by atoms with Crippen molar-refractivity contribution >= 4 is 24.1 Å². The standard InChI is InChI=1S/C24H26O8/c1-27-21-15-17(7-11-23(25)29-3)5-9-19(21)31-13-14-32-20-10-6-18(16-22(20)28-2)8-12-24(26)30-4/h5-12,15-16H,13-14H2,1-4H3/b11-7+,12-8+. The molecule has 0 spiro atoms. The lowest BCUT2D eigenvalue weighted by molar-refractivity contribution is -0.135. The number of hydrogen-bond acceptors (Lipinski definition) is 8. The molecular weight excluding hydrogens is 416 g/mol. The van der Waals surface area contributed by atoms with Crippen molar-refractivity contribution in [1.29, 1.82) is 0 Å². The van der Waals surface area contributed by atoms with Crippen LogP contribution >= 0.6 is 0 Å². The van der Waals surface area contributed by atoms with Gasteiger partial charge in [0.25, 0.3) is 0 Å². The highest BCUT2D eigenvalue weighted by Crippen LogP contribution is 2.30. The zero-order valence-corrected chi connectivity index (χ0v) is 18.5. The van der Waals surface area contributed by atoms with Crippen LogP contribution in [0, 0.1) is 0 Å². The van der Waals surface area contributed by atoms with E-state index in [0.717, 1.165) is 11.1 Å². The first-order chi connectivity index (χ1) is 15.5. The van der Waals surface area contributed by atoms with Gasteiger partial charge in [-0.15, -0.1) is 0 Å². The molecule has 0 saturated heterocycles. The second-order valence-electron chi connectivity index (χ2n) is 6.23. The van der Waals surface area contributed by atoms with Gasteiger partial charge in [-0.1, -0.05) is 12.1 Å². The Kier molecular flexibility index (Phi) is 9.65. The van der Waals surface area contributed by atoms with Gasteiger partial charge in [-0.2, -0.15) is 0 Å². The first-order valence-electron chi connectivity index (χ1n) is 9.64. The topological polar surface area (TPSA) is 89.5 Å². The van der Waals surface area contributed by atoms with Gasteiger partial charge in [-0.25, -0.2) is 9.59 Å². The van der Waals surface area contributed by atoms with Gasteiger partial charge in [-0.05, 0) is 47.5 Å². The van der Waals surface area contributed by atoms with Crippen LogP contribution < -0.4 is 18.9 Å². The van der Waals surface area contributed by atoms with Gasteiger partial charge < -0.3 is 28.4 Å². The predicted molar refractivity (Wildman–Crippen MR) is 119 cm³/mol. The molecular formula is C24H26O8. The maximum absolute atomic E-state index is 11.2. The minimum atomic E-state index is -0.440. The average molecular weight is 442 g/mol. The molecule has 8 heteroatoms. The molecule has 32 heavy (non-hydrogen) atoms. The highest BCUT2D eigenvalue weighted by molar-refractivity contribution is 5.87. The molecule has 0 amide bonds. The summed E-state index contributed by atoms with van der Waals surface area (Å²) in [6, 6.07) is 10.6. The smallest absolute Gasteiger partial charge is 0.330 e. The highest BCUT2D eigenvalue weighted by Gasteiger charge is 2.08. The Balaban J connectivity index is 1.95. The second kappa shape index (κ2) is 12.7. The predicted octanol–water partition coefficient (Wildman–Crippen LogP) is 3.53. The quantitative estimate of drug-likeness (QED) is 0.297. The molecule has 0 radical (unpaired) electrons. The number of esters is 2. The van der Waals surface area contributed by atoms with Gasteiger partial charge in [0.05, 0.1) is 28.4 Å². The number of carbonyl (C=O) groups excluding carboxylic acids is 2. The largest absolute Gasteiger partial charge is 0.493 e. The second-order valence-corrected chi connectivity index (χ2v) is 6.23. The molecule has 0 saturated carbocycles. The molecule has 170 valence electrons. The molecule has 8 nitrogen and oxygen atoms in total. The van der Waals surface area contributed by atoms with E-state index in [1.54, 1.807) is 48.6 Å². The molecule has 0 aliphatic heterocycles. The third kappa shape index (κ3) is 7.39. The number of methoxy groups -OCH3 is 4. The molecule has 0 bridgehead atoms. The Hall–Kier alpha value is -3.94. The van der Waals surface area contributed by atoms with E-state index in [9.17, 15) is 9.59 Å². The molecule has 0 aromatic heterocycles. The van der Waals surface area contributed by atoms with Crippen molar-refractivity contribution in [2.45, 2.75) is 0 Å². The SMILES string of the molecule is COC(=O)/C=C/c1ccc(OCCOc2ccc(/C=C/C(=O)OC)cc2OC)c(OC)c1. The molecule has 2 aromatic rings. The van der Waals surface area contributed by atoms with Crippen LogP contribution in [0.15, 0.2) is 48.6 Å². The summed E-state index contributed by atoms with van der Waals surface area (Å²) in [6.45, 7) is 0.529. The molecule has 2 rings (SSSR count). The van der Waals surface area contributed by atoms with Crippen molar-refractivity contribution in [3.63, 3.8) is 0 Å². The summed E-state index contributed by atoms with van der Waals surface area (Å²) in [5.74, 6) is 1.25. The third-order valence-corrected chi connectivity index (χ3v) is 4.20. The lowest BCUT2D eigenvalue weighted by Gasteiger charge is -2.14. The van der Waals surface area contributed by atoms with Crippen LogP contribution in [0.1, 0.15) is 11.1 Å². The van der Waals surface area contributed by atoms with Gasteiger partial charge in [0, 0.05) is 12.2 Å². The van der Waals surface area contributed by atoms with Gasteiger partial charge in [0.2, 0.25) is 0 Å². The van der Waals surface area contributed by atoms with E-state index in [2.05, 4.69) is 9.47 Å². The molecule has 0 N–H and O–H groups in total. The van der Waals surface area contributed by atoms with E-state index < -0.39 is 11.9 Å². The maximum Gasteiger partial charge on any atom is 0.330 e. The Morgan fingerprint density at radius 1 is 0.656 bits per heavy atom. The zero-order chi connectivity index (χ0) is 23.3. The summed E-state index contributed by atoms with van der Waals surface area (Å²) in [4.78, 5) is 22.4. The van der Waals surface area contributed by atoms with Crippen LogP contribution in [0.4, 0.5) is 0 Å². The molecule has 0 unspecified atom stereocenters. The number of rotatable bonds is 11. The van der Waals surface area contributed by atoms with Crippen LogP contribution in [0.2, 0.25) is 0 Å². The van der Waals surface area contributed by atoms with E-state index in [-0.39, 0.29) is 13.2 Å². The van der Waals surface area contributed by atoms with E-state index in [4.69, 9.17) is 18.9 Å². The van der Waals surface area contributed by atoms with Gasteiger partial charge in [0.15, 0.2) is 23.0 Å². The van der Waals surface area contributed by atoms with Crippen molar-refractivity contribution in [3.8, 4) is 23.0 Å². The van der Waals surface area contributed by atoms with Crippen molar-refractivity contribution < 1.29 is 38.0 Å². The zero-order valence-electron chi connectivity index (χ0n) is 18.5. The number of ether oxygens (including phenoxy) is 6. The van der Waals surface area contributed by atoms with E-state index in [0.29, 0.717) is 23.0 Å². The van der Waals surface area contributed by atoms with Crippen molar-refractivity contribution in [1.82, 2.24) is 0 Å². The fourth-order valence-corrected chi connectivity index (χ4v) is 2.58. The highest BCUT2D eigenvalue weighted by atomic mass is 16.6. The minimum Gasteiger partial charge on any atom is -0.493 e. The summed E-state index contributed by atoms with van der Waals surface area (Å²) >= 11 is 0. The molecule has 0 fully saturated rings. The summed E-state index contributed by atoms with van der Waals surface area (Å²) in [5, 5.41) is 0. The minimum absolute atomic E-state index is 0.265. The van der Waals surface area contributed by atoms with E-state index in [1.165, 1.54) is 40.6 Å². The van der Waals surface area contributed by atoms with Crippen molar-refractivity contribution in [3.05, 3.63) is 59.7 Å². The van der Waals surface area contributed by atoms with Crippen molar-refractivity contribution in [2.75, 3.05) is 41.7 Å². The Morgan fingerprint density at radius 3 is 1.41 bits per heavy atom. The monoisotopic (exact) mass is 442 g/mol. The first kappa shape index (κ1) is 24.3. The Bertz CT molecular complexity index is 898. The van der Waals surface area contributed by atoms with Gasteiger partial charge in [-0.3, -0.25) is 0 Å². The lowest BCUT2D eigenvalue weighted by Crippen LogP contribution is -2.10. The van der Waals surface area contributed by atoms with Crippen molar-refractivity contribution in [2.24, 2.45) is 0 Å². The Morgan fingerprint density at radius 2 is 1.06 bits per heavy atom. The van der Waals surface area contributed by atoms with Crippen LogP contribution in [-0.2, 0) is 19.1 Å². The molecule has 0 heterocycles. The van der Waals surface area contributed by atoms with Crippen LogP contribution in [0.25, 0.3) is 12.2 Å². The number of benzene rings is 2. The van der Waals surface area contributed by atoms with Gasteiger partial charge >= 0.3 is 11.9 Å². The summed E-state index contributed by atoms with van der Waals surface area (Å²) in [5.41, 5.74) is 1.53. The molecule has 0 aliphatic carbocycles. The van der Waals surface area contributed by atoms with E-state index >= 15 is 0 Å². The summed E-state index contributed by atoms with van der Waals surface area (Å²) < 4.78 is 31.4. The number of hydrogen-bond donors (Lipinski definition) is 0. The van der Waals surface area contributed by atoms with Crippen LogP contribution in [0.5, 0.6) is 23.0 Å². The summed E-state index contributed by atoms with van der Waals surface area (Å²) in [6.07, 6.45) is 5.90. The number of carbonyl (C=O) groups is 2. The summed E-state index contributed by atoms with van der Waals surface area (Å²) in [7, 11) is 5.71. The third-order valence-electron chi connectivity index (χ3n) is 4.20. The van der Waals surface area contributed by atoms with Crippen LogP contribution in [-0.4, -0.2) is 53.6 Å². The molecule has 0 aliphatic rings.